The number of non-ortho nitro benzene ring substituents is 1. The lowest BCUT2D eigenvalue weighted by molar-refractivity contribution is -0.384. The van der Waals surface area contributed by atoms with E-state index in [1.165, 1.54) is 29.6 Å². The van der Waals surface area contributed by atoms with Crippen molar-refractivity contribution < 1.29 is 27.6 Å². The van der Waals surface area contributed by atoms with Crippen LogP contribution in [-0.4, -0.2) is 68.3 Å². The number of terminal acetylenes is 1. The quantitative estimate of drug-likeness (QED) is 0.243. The first-order chi connectivity index (χ1) is 16.3. The number of nitro groups is 1. The number of ether oxygens (including phenoxy) is 2. The molecule has 178 valence electrons. The number of methoxy groups -OCH3 is 1. The van der Waals surface area contributed by atoms with Gasteiger partial charge in [0.1, 0.15) is 6.61 Å². The van der Waals surface area contributed by atoms with Crippen molar-refractivity contribution >= 4 is 27.7 Å². The van der Waals surface area contributed by atoms with Gasteiger partial charge in [-0.05, 0) is 35.9 Å². The monoisotopic (exact) mass is 485 g/mol. The Bertz CT molecular complexity index is 1230. The van der Waals surface area contributed by atoms with Crippen LogP contribution in [0.2, 0.25) is 0 Å². The number of hydrogen-bond donors (Lipinski definition) is 0. The zero-order valence-electron chi connectivity index (χ0n) is 18.4. The lowest BCUT2D eigenvalue weighted by atomic mass is 10.2. The van der Waals surface area contributed by atoms with Crippen LogP contribution in [0.1, 0.15) is 5.56 Å². The van der Waals surface area contributed by atoms with E-state index in [9.17, 15) is 23.3 Å². The van der Waals surface area contributed by atoms with Crippen molar-refractivity contribution in [3.8, 4) is 23.8 Å². The Balaban J connectivity index is 1.60. The van der Waals surface area contributed by atoms with Crippen molar-refractivity contribution in [1.82, 2.24) is 9.21 Å². The molecule has 2 aromatic rings. The van der Waals surface area contributed by atoms with Gasteiger partial charge in [-0.25, -0.2) is 8.42 Å². The first kappa shape index (κ1) is 24.8. The Hall–Kier alpha value is -3.88. The number of carbonyl (C=O) groups is 1. The molecular weight excluding hydrogens is 462 g/mol. The molecule has 0 aliphatic carbocycles. The zero-order chi connectivity index (χ0) is 24.7. The molecule has 3 rings (SSSR count). The molecule has 2 aromatic carbocycles. The molecule has 11 heteroatoms. The van der Waals surface area contributed by atoms with Gasteiger partial charge in [-0.1, -0.05) is 12.0 Å². The fraction of sp³-hybridized carbons (Fsp3) is 0.261. The van der Waals surface area contributed by atoms with Crippen LogP contribution in [0.4, 0.5) is 5.69 Å². The first-order valence-corrected chi connectivity index (χ1v) is 11.7. The number of nitrogens with zero attached hydrogens (tertiary/aromatic N) is 3. The summed E-state index contributed by atoms with van der Waals surface area (Å²) in [6.07, 6.45) is 8.25. The fourth-order valence-electron chi connectivity index (χ4n) is 3.34. The van der Waals surface area contributed by atoms with E-state index < -0.39 is 14.9 Å². The van der Waals surface area contributed by atoms with Crippen molar-refractivity contribution in [3.63, 3.8) is 0 Å². The molecule has 10 nitrogen and oxygen atoms in total. The van der Waals surface area contributed by atoms with Gasteiger partial charge < -0.3 is 14.4 Å². The van der Waals surface area contributed by atoms with Gasteiger partial charge in [0.15, 0.2) is 11.5 Å². The van der Waals surface area contributed by atoms with E-state index in [4.69, 9.17) is 15.9 Å². The first-order valence-electron chi connectivity index (χ1n) is 10.2. The molecule has 0 saturated carbocycles. The van der Waals surface area contributed by atoms with E-state index in [-0.39, 0.29) is 49.3 Å². The number of carbonyl (C=O) groups excluding carboxylic acids is 1. The van der Waals surface area contributed by atoms with Gasteiger partial charge >= 0.3 is 0 Å². The summed E-state index contributed by atoms with van der Waals surface area (Å²) in [6.45, 7) is 0.785. The average molecular weight is 486 g/mol. The van der Waals surface area contributed by atoms with Gasteiger partial charge in [-0.2, -0.15) is 4.31 Å². The molecule has 0 bridgehead atoms. The van der Waals surface area contributed by atoms with Gasteiger partial charge in [0.2, 0.25) is 15.9 Å². The van der Waals surface area contributed by atoms with Crippen LogP contribution >= 0.6 is 0 Å². The second-order valence-corrected chi connectivity index (χ2v) is 9.15. The van der Waals surface area contributed by atoms with E-state index in [1.807, 2.05) is 0 Å². The smallest absolute Gasteiger partial charge is 0.269 e. The van der Waals surface area contributed by atoms with Crippen molar-refractivity contribution in [1.29, 1.82) is 0 Å². The van der Waals surface area contributed by atoms with Crippen molar-refractivity contribution in [2.75, 3.05) is 39.9 Å². The molecule has 1 heterocycles. The summed E-state index contributed by atoms with van der Waals surface area (Å²) < 4.78 is 37.6. The van der Waals surface area contributed by atoms with E-state index in [0.717, 1.165) is 17.7 Å². The third-order valence-corrected chi connectivity index (χ3v) is 7.07. The van der Waals surface area contributed by atoms with Gasteiger partial charge in [0, 0.05) is 44.4 Å². The molecule has 0 aromatic heterocycles. The number of sulfonamides is 1. The van der Waals surface area contributed by atoms with Gasteiger partial charge in [0.05, 0.1) is 16.9 Å². The van der Waals surface area contributed by atoms with Crippen molar-refractivity contribution in [2.45, 2.75) is 4.90 Å². The normalized spacial score (nSPS) is 14.5. The maximum Gasteiger partial charge on any atom is 0.269 e. The maximum absolute atomic E-state index is 12.8. The largest absolute Gasteiger partial charge is 0.493 e. The standard InChI is InChI=1S/C23H23N3O7S/c1-3-16-33-21-10-4-18(17-22(21)32-2)5-11-23(27)24-12-14-25(15-13-24)34(30,31)20-8-6-19(7-9-20)26(28)29/h1,4-11,17H,12-16H2,2H3/b11-5+. The minimum Gasteiger partial charge on any atom is -0.493 e. The number of piperazine rings is 1. The summed E-state index contributed by atoms with van der Waals surface area (Å²) in [5.41, 5.74) is 0.533. The highest BCUT2D eigenvalue weighted by molar-refractivity contribution is 7.89. The molecule has 0 N–H and O–H groups in total. The van der Waals surface area contributed by atoms with Crippen LogP contribution in [-0.2, 0) is 14.8 Å². The number of hydrogen-bond acceptors (Lipinski definition) is 7. The minimum absolute atomic E-state index is 0.0265. The summed E-state index contributed by atoms with van der Waals surface area (Å²) in [5, 5.41) is 10.8. The number of rotatable bonds is 8. The Morgan fingerprint density at radius 1 is 1.15 bits per heavy atom. The van der Waals surface area contributed by atoms with E-state index in [0.29, 0.717) is 11.5 Å². The Morgan fingerprint density at radius 3 is 2.41 bits per heavy atom. The predicted molar refractivity (Wildman–Crippen MR) is 125 cm³/mol. The second-order valence-electron chi connectivity index (χ2n) is 7.22. The number of benzene rings is 2. The minimum atomic E-state index is -3.81. The highest BCUT2D eigenvalue weighted by Crippen LogP contribution is 2.28. The third-order valence-electron chi connectivity index (χ3n) is 5.15. The summed E-state index contributed by atoms with van der Waals surface area (Å²) in [5.74, 6) is 3.10. The highest BCUT2D eigenvalue weighted by atomic mass is 32.2. The summed E-state index contributed by atoms with van der Waals surface area (Å²) in [4.78, 5) is 24.3. The van der Waals surface area contributed by atoms with Crippen LogP contribution in [0.25, 0.3) is 6.08 Å². The molecule has 34 heavy (non-hydrogen) atoms. The van der Waals surface area contributed by atoms with Crippen LogP contribution in [0.15, 0.2) is 53.4 Å². The van der Waals surface area contributed by atoms with Gasteiger partial charge in [0.25, 0.3) is 5.69 Å². The van der Waals surface area contributed by atoms with E-state index in [1.54, 1.807) is 29.2 Å². The predicted octanol–water partition coefficient (Wildman–Crippen LogP) is 2.16. The van der Waals surface area contributed by atoms with Gasteiger partial charge in [-0.15, -0.1) is 6.42 Å². The van der Waals surface area contributed by atoms with Crippen LogP contribution in [0.5, 0.6) is 11.5 Å². The highest BCUT2D eigenvalue weighted by Gasteiger charge is 2.29. The summed E-state index contributed by atoms with van der Waals surface area (Å²) in [6, 6.07) is 9.90. The van der Waals surface area contributed by atoms with Crippen molar-refractivity contribution in [2.24, 2.45) is 0 Å². The third kappa shape index (κ3) is 5.72. The van der Waals surface area contributed by atoms with Crippen molar-refractivity contribution in [3.05, 3.63) is 64.2 Å². The molecule has 0 spiro atoms. The van der Waals surface area contributed by atoms with Crippen LogP contribution in [0.3, 0.4) is 0 Å². The Kier molecular flexibility index (Phi) is 7.88. The number of amides is 1. The molecule has 1 aliphatic heterocycles. The zero-order valence-corrected chi connectivity index (χ0v) is 19.2. The maximum atomic E-state index is 12.8. The molecule has 0 unspecified atom stereocenters. The Morgan fingerprint density at radius 2 is 1.82 bits per heavy atom. The van der Waals surface area contributed by atoms with Crippen LogP contribution in [0, 0.1) is 22.5 Å². The molecule has 1 fully saturated rings. The molecule has 1 amide bonds. The summed E-state index contributed by atoms with van der Waals surface area (Å²) in [7, 11) is -2.31. The molecule has 1 saturated heterocycles. The molecule has 1 aliphatic rings. The Labute approximate surface area is 197 Å². The topological polar surface area (TPSA) is 119 Å². The molecule has 0 radical (unpaired) electrons. The van der Waals surface area contributed by atoms with E-state index in [2.05, 4.69) is 5.92 Å². The van der Waals surface area contributed by atoms with Gasteiger partial charge in [-0.3, -0.25) is 14.9 Å². The summed E-state index contributed by atoms with van der Waals surface area (Å²) >= 11 is 0. The number of nitro benzene ring substituents is 1. The molecule has 0 atom stereocenters. The fourth-order valence-corrected chi connectivity index (χ4v) is 4.76. The van der Waals surface area contributed by atoms with Crippen LogP contribution < -0.4 is 9.47 Å². The lowest BCUT2D eigenvalue weighted by Gasteiger charge is -2.33. The average Bonchev–Trinajstić information content (AvgIpc) is 2.86. The lowest BCUT2D eigenvalue weighted by Crippen LogP contribution is -2.50. The second kappa shape index (κ2) is 10.8. The molecular formula is C23H23N3O7S. The SMILES string of the molecule is C#CCOc1ccc(/C=C/C(=O)N2CCN(S(=O)(=O)c3ccc([N+](=O)[O-])cc3)CC2)cc1OC. The van der Waals surface area contributed by atoms with E-state index >= 15 is 0 Å².